The molecule has 0 aliphatic heterocycles. The minimum atomic E-state index is 0. The molecule has 0 nitrogen and oxygen atoms in total. The van der Waals surface area contributed by atoms with Crippen LogP contribution in [0.5, 0.6) is 0 Å². The molecule has 0 amide bonds. The van der Waals surface area contributed by atoms with Crippen molar-refractivity contribution in [2.75, 3.05) is 0 Å². The van der Waals surface area contributed by atoms with Crippen molar-refractivity contribution >= 4 is 19.0 Å². The molecule has 122 valence electrons. The van der Waals surface area contributed by atoms with E-state index in [2.05, 4.69) is 86.6 Å². The number of allylic oxidation sites excluding steroid dienone is 2. The standard InChI is InChI=1S/C20H17.2CH3.Si.Zr/c1-14(17-12-10-15-6-2-4-8-19(15)17)18-13-11-16-7-3-5-9-20(16)18;;;;/h2-14,17-18H,1H2;2*1H3;;/q3*-1;;. The van der Waals surface area contributed by atoms with E-state index in [9.17, 15) is 0 Å². The van der Waals surface area contributed by atoms with Gasteiger partial charge in [0.05, 0.1) is 0 Å². The zero-order valence-electron chi connectivity index (χ0n) is 14.4. The van der Waals surface area contributed by atoms with E-state index >= 15 is 0 Å². The molecule has 2 radical (unpaired) electrons. The van der Waals surface area contributed by atoms with Gasteiger partial charge in [0.25, 0.3) is 0 Å². The molecule has 2 heteroatoms. The summed E-state index contributed by atoms with van der Waals surface area (Å²) in [4.78, 5) is 0. The van der Waals surface area contributed by atoms with Crippen molar-refractivity contribution in [1.29, 1.82) is 0 Å². The minimum absolute atomic E-state index is 0. The van der Waals surface area contributed by atoms with Gasteiger partial charge in [0.15, 0.2) is 0 Å². The van der Waals surface area contributed by atoms with Crippen molar-refractivity contribution < 1.29 is 23.3 Å². The zero-order valence-corrected chi connectivity index (χ0v) is 17.8. The van der Waals surface area contributed by atoms with Gasteiger partial charge in [-0.15, -0.1) is 5.92 Å². The third-order valence-corrected chi connectivity index (χ3v) is 4.60. The maximum atomic E-state index is 4.50. The van der Waals surface area contributed by atoms with Gasteiger partial charge in [-0.1, -0.05) is 72.8 Å². The Morgan fingerprint density at radius 3 is 1.54 bits per heavy atom. The van der Waals surface area contributed by atoms with Crippen LogP contribution in [0.15, 0.2) is 60.7 Å². The van der Waals surface area contributed by atoms with Crippen LogP contribution in [0.25, 0.3) is 12.2 Å². The zero-order chi connectivity index (χ0) is 15.5. The first-order valence-electron chi connectivity index (χ1n) is 7.47. The molecule has 4 rings (SSSR count). The predicted octanol–water partition coefficient (Wildman–Crippen LogP) is 5.58. The molecule has 0 aromatic heterocycles. The average Bonchev–Trinajstić information content (AvgIpc) is 3.20. The fourth-order valence-electron chi connectivity index (χ4n) is 3.52. The molecule has 2 aliphatic rings. The number of hydrogen-bond acceptors (Lipinski definition) is 0. The van der Waals surface area contributed by atoms with E-state index in [-0.39, 0.29) is 14.9 Å². The van der Waals surface area contributed by atoms with Gasteiger partial charge in [-0.3, -0.25) is 0 Å². The second-order valence-corrected chi connectivity index (χ2v) is 5.69. The first kappa shape index (κ1) is 21.1. The molecule has 2 aliphatic carbocycles. The maximum absolute atomic E-state index is 4.50. The Hall–Kier alpha value is -0.980. The summed E-state index contributed by atoms with van der Waals surface area (Å²) >= 11 is 1.36. The summed E-state index contributed by atoms with van der Waals surface area (Å²) in [7, 11) is 0. The molecule has 0 fully saturated rings. The van der Waals surface area contributed by atoms with Crippen LogP contribution in [0.3, 0.4) is 0 Å². The van der Waals surface area contributed by atoms with E-state index in [1.807, 2.05) is 0 Å². The first-order chi connectivity index (χ1) is 10.8. The molecule has 2 atom stereocenters. The Bertz CT molecular complexity index is 671. The Balaban J connectivity index is 0.000000695. The van der Waals surface area contributed by atoms with Gasteiger partial charge in [-0.05, 0) is 34.1 Å². The van der Waals surface area contributed by atoms with Crippen LogP contribution < -0.4 is 0 Å². The van der Waals surface area contributed by atoms with Crippen molar-refractivity contribution in [1.82, 2.24) is 0 Å². The average molecular weight is 407 g/mol. The van der Waals surface area contributed by atoms with E-state index in [1.54, 1.807) is 0 Å². The summed E-state index contributed by atoms with van der Waals surface area (Å²) in [5.74, 6) is 1.19. The van der Waals surface area contributed by atoms with Crippen LogP contribution in [0.4, 0.5) is 0 Å². The van der Waals surface area contributed by atoms with Gasteiger partial charge in [-0.25, -0.2) is 0 Å². The van der Waals surface area contributed by atoms with Gasteiger partial charge in [0.2, 0.25) is 0 Å². The van der Waals surface area contributed by atoms with Gasteiger partial charge in [-0.2, -0.15) is 0 Å². The number of benzene rings is 2. The van der Waals surface area contributed by atoms with Gasteiger partial charge in [0.1, 0.15) is 0 Å². The Morgan fingerprint density at radius 2 is 1.12 bits per heavy atom. The fourth-order valence-corrected chi connectivity index (χ4v) is 3.52. The molecule has 0 saturated carbocycles. The molecular weight excluding hydrogens is 384 g/mol. The molecular formula is C22H23SiZr-3. The first-order valence-corrected chi connectivity index (χ1v) is 11.7. The van der Waals surface area contributed by atoms with E-state index in [4.69, 9.17) is 0 Å². The van der Waals surface area contributed by atoms with Crippen LogP contribution in [0.2, 0.25) is 0 Å². The van der Waals surface area contributed by atoms with Crippen LogP contribution >= 0.6 is 0 Å². The van der Waals surface area contributed by atoms with Crippen molar-refractivity contribution in [2.45, 2.75) is 11.8 Å². The second-order valence-electron chi connectivity index (χ2n) is 5.69. The van der Waals surface area contributed by atoms with Gasteiger partial charge >= 0.3 is 30.2 Å². The summed E-state index contributed by atoms with van der Waals surface area (Å²) < 4.78 is 0. The fraction of sp³-hybridized carbons (Fsp3) is 0.136. The summed E-state index contributed by atoms with van der Waals surface area (Å²) in [5, 5.41) is 0. The third-order valence-electron chi connectivity index (χ3n) is 4.60. The molecule has 0 spiro atoms. The quantitative estimate of drug-likeness (QED) is 0.451. The normalized spacial score (nSPS) is 19.8. The van der Waals surface area contributed by atoms with E-state index in [1.165, 1.54) is 45.6 Å². The molecule has 2 aromatic carbocycles. The third kappa shape index (κ3) is 3.81. The van der Waals surface area contributed by atoms with Crippen LogP contribution in [0, 0.1) is 27.7 Å². The van der Waals surface area contributed by atoms with Gasteiger partial charge in [0, 0.05) is 0 Å². The molecule has 2 unspecified atom stereocenters. The summed E-state index contributed by atoms with van der Waals surface area (Å²) in [6.45, 7) is 7.56. The molecule has 24 heavy (non-hydrogen) atoms. The molecule has 2 aromatic rings. The molecule has 0 saturated heterocycles. The Labute approximate surface area is 164 Å². The second kappa shape index (κ2) is 9.49. The molecule has 0 bridgehead atoms. The number of hydrogen-bond donors (Lipinski definition) is 0. The summed E-state index contributed by atoms with van der Waals surface area (Å²) in [6.07, 6.45) is 9.11. The Morgan fingerprint density at radius 1 is 0.750 bits per heavy atom. The van der Waals surface area contributed by atoms with Crippen molar-refractivity contribution in [3.63, 3.8) is 0 Å². The van der Waals surface area contributed by atoms with Crippen LogP contribution in [0.1, 0.15) is 34.1 Å². The Kier molecular flexibility index (Phi) is 8.33. The van der Waals surface area contributed by atoms with E-state index < -0.39 is 0 Å². The van der Waals surface area contributed by atoms with Gasteiger partial charge < -0.3 is 21.8 Å². The molecule has 0 heterocycles. The predicted molar refractivity (Wildman–Crippen MR) is 104 cm³/mol. The summed E-state index contributed by atoms with van der Waals surface area (Å²) in [6, 6.07) is 17.3. The molecule has 0 N–H and O–H groups in total. The SMILES string of the molecule is [CH2-]C(C1C=Cc2ccccc21)C1C=Cc2ccccc21.[CH3-].[CH3-].[Si]=[Zr]. The van der Waals surface area contributed by atoms with Crippen molar-refractivity contribution in [2.24, 2.45) is 5.92 Å². The monoisotopic (exact) mass is 405 g/mol. The van der Waals surface area contributed by atoms with Crippen molar-refractivity contribution in [3.8, 4) is 0 Å². The number of fused-ring (bicyclic) bond motifs is 2. The number of rotatable bonds is 2. The van der Waals surface area contributed by atoms with E-state index in [0.717, 1.165) is 0 Å². The van der Waals surface area contributed by atoms with E-state index in [0.29, 0.717) is 17.8 Å². The van der Waals surface area contributed by atoms with Crippen molar-refractivity contribution in [3.05, 3.63) is 105 Å². The summed E-state index contributed by atoms with van der Waals surface area (Å²) in [5.41, 5.74) is 5.54. The van der Waals surface area contributed by atoms with Crippen LogP contribution in [-0.2, 0) is 23.3 Å². The van der Waals surface area contributed by atoms with Crippen LogP contribution in [-0.4, -0.2) is 6.88 Å². The topological polar surface area (TPSA) is 0 Å².